The summed E-state index contributed by atoms with van der Waals surface area (Å²) in [6.45, 7) is 0.916. The molecule has 0 bridgehead atoms. The molecule has 154 valence electrons. The number of rotatable bonds is 7. The highest BCUT2D eigenvalue weighted by Crippen LogP contribution is 2.46. The molecule has 2 aromatic carbocycles. The Labute approximate surface area is 174 Å². The van der Waals surface area contributed by atoms with Gasteiger partial charge in [0.2, 0.25) is 5.75 Å². The van der Waals surface area contributed by atoms with Crippen LogP contribution in [0.2, 0.25) is 0 Å². The number of carbonyl (C=O) groups is 1. The summed E-state index contributed by atoms with van der Waals surface area (Å²) < 4.78 is 17.1. The molecule has 2 heterocycles. The van der Waals surface area contributed by atoms with Gasteiger partial charge in [-0.2, -0.15) is 0 Å². The van der Waals surface area contributed by atoms with Crippen molar-refractivity contribution in [3.63, 3.8) is 0 Å². The van der Waals surface area contributed by atoms with E-state index in [4.69, 9.17) is 14.2 Å². The molecular formula is C23H23N3O4. The zero-order valence-electron chi connectivity index (χ0n) is 16.8. The topological polar surface area (TPSA) is 82.6 Å². The van der Waals surface area contributed by atoms with Crippen molar-refractivity contribution >= 4 is 28.2 Å². The van der Waals surface area contributed by atoms with E-state index in [0.29, 0.717) is 66.3 Å². The van der Waals surface area contributed by atoms with E-state index in [1.165, 1.54) is 19.2 Å². The summed E-state index contributed by atoms with van der Waals surface area (Å²) in [5, 5.41) is 4.09. The number of aromatic nitrogens is 2. The molecule has 1 aliphatic heterocycles. The summed E-state index contributed by atoms with van der Waals surface area (Å²) in [5.41, 5.74) is 2.60. The van der Waals surface area contributed by atoms with E-state index < -0.39 is 0 Å². The zero-order valence-corrected chi connectivity index (χ0v) is 16.8. The molecule has 2 aliphatic rings. The van der Waals surface area contributed by atoms with Crippen LogP contribution in [0, 0.1) is 5.92 Å². The van der Waals surface area contributed by atoms with E-state index in [9.17, 15) is 4.79 Å². The van der Waals surface area contributed by atoms with Crippen LogP contribution in [0.1, 0.15) is 24.8 Å². The predicted molar refractivity (Wildman–Crippen MR) is 113 cm³/mol. The summed E-state index contributed by atoms with van der Waals surface area (Å²) >= 11 is 0. The largest absolute Gasteiger partial charge is 0.493 e. The van der Waals surface area contributed by atoms with E-state index in [1.54, 1.807) is 7.11 Å². The molecule has 0 radical (unpaired) electrons. The maximum atomic E-state index is 12.1. The van der Waals surface area contributed by atoms with Gasteiger partial charge in [0.05, 0.1) is 18.0 Å². The van der Waals surface area contributed by atoms with Gasteiger partial charge in [0, 0.05) is 24.6 Å². The quantitative estimate of drug-likeness (QED) is 0.634. The number of Topliss-reactive ketones (excluding diaryl/α,β-unsaturated/α-hetero) is 1. The standard InChI is InChI=1S/C23H23N3O4/c1-28-19-12-18-20(22-21(19)29-8-9-30-22)23(25-13-24-18)26-16-6-4-15(5-7-16)11-17(27)10-14-2-3-14/h4-7,12-14H,2-3,8-11H2,1H3,(H,24,25,26). The van der Waals surface area contributed by atoms with Gasteiger partial charge in [-0.1, -0.05) is 12.1 Å². The summed E-state index contributed by atoms with van der Waals surface area (Å²) in [4.78, 5) is 20.9. The molecule has 3 aromatic rings. The maximum absolute atomic E-state index is 12.1. The Morgan fingerprint density at radius 3 is 2.63 bits per heavy atom. The average molecular weight is 405 g/mol. The number of benzene rings is 2. The van der Waals surface area contributed by atoms with Crippen LogP contribution in [0.15, 0.2) is 36.7 Å². The molecule has 7 nitrogen and oxygen atoms in total. The average Bonchev–Trinajstić information content (AvgIpc) is 3.58. The number of nitrogens with zero attached hydrogens (tertiary/aromatic N) is 2. The molecule has 1 fully saturated rings. The minimum Gasteiger partial charge on any atom is -0.493 e. The highest BCUT2D eigenvalue weighted by Gasteiger charge is 2.25. The Morgan fingerprint density at radius 1 is 1.13 bits per heavy atom. The van der Waals surface area contributed by atoms with Gasteiger partial charge < -0.3 is 19.5 Å². The lowest BCUT2D eigenvalue weighted by Gasteiger charge is -2.22. The SMILES string of the molecule is COc1cc2ncnc(Nc3ccc(CC(=O)CC4CC4)cc3)c2c2c1OCCO2. The van der Waals surface area contributed by atoms with Gasteiger partial charge in [-0.15, -0.1) is 0 Å². The Kier molecular flexibility index (Phi) is 4.86. The third kappa shape index (κ3) is 3.75. The number of ketones is 1. The number of hydrogen-bond donors (Lipinski definition) is 1. The molecule has 5 rings (SSSR count). The fraction of sp³-hybridized carbons (Fsp3) is 0.348. The number of fused-ring (bicyclic) bond motifs is 3. The van der Waals surface area contributed by atoms with E-state index in [2.05, 4.69) is 15.3 Å². The van der Waals surface area contributed by atoms with Crippen LogP contribution in [0.4, 0.5) is 11.5 Å². The van der Waals surface area contributed by atoms with Gasteiger partial charge in [0.25, 0.3) is 0 Å². The molecule has 1 aromatic heterocycles. The molecule has 7 heteroatoms. The molecule has 0 saturated heterocycles. The number of ether oxygens (including phenoxy) is 3. The second-order valence-electron chi connectivity index (χ2n) is 7.74. The lowest BCUT2D eigenvalue weighted by atomic mass is 10.0. The second-order valence-corrected chi connectivity index (χ2v) is 7.74. The molecule has 30 heavy (non-hydrogen) atoms. The van der Waals surface area contributed by atoms with Crippen LogP contribution in [-0.2, 0) is 11.2 Å². The van der Waals surface area contributed by atoms with E-state index in [0.717, 1.165) is 16.6 Å². The van der Waals surface area contributed by atoms with Crippen LogP contribution in [0.3, 0.4) is 0 Å². The number of anilines is 2. The van der Waals surface area contributed by atoms with Gasteiger partial charge >= 0.3 is 0 Å². The van der Waals surface area contributed by atoms with Crippen LogP contribution >= 0.6 is 0 Å². The molecule has 0 amide bonds. The summed E-state index contributed by atoms with van der Waals surface area (Å²) in [7, 11) is 1.59. The van der Waals surface area contributed by atoms with Crippen molar-refractivity contribution in [3.05, 3.63) is 42.2 Å². The third-order valence-corrected chi connectivity index (χ3v) is 5.43. The molecule has 0 spiro atoms. The Morgan fingerprint density at radius 2 is 1.90 bits per heavy atom. The molecule has 0 unspecified atom stereocenters. The molecular weight excluding hydrogens is 382 g/mol. The smallest absolute Gasteiger partial charge is 0.204 e. The van der Waals surface area contributed by atoms with Crippen LogP contribution in [-0.4, -0.2) is 36.1 Å². The Hall–Kier alpha value is -3.35. The third-order valence-electron chi connectivity index (χ3n) is 5.43. The molecule has 1 aliphatic carbocycles. The van der Waals surface area contributed by atoms with Crippen molar-refractivity contribution in [2.45, 2.75) is 25.7 Å². The lowest BCUT2D eigenvalue weighted by molar-refractivity contribution is -0.118. The van der Waals surface area contributed by atoms with Crippen molar-refractivity contribution in [2.24, 2.45) is 5.92 Å². The first kappa shape index (κ1) is 18.7. The highest BCUT2D eigenvalue weighted by molar-refractivity contribution is 5.99. The second kappa shape index (κ2) is 7.82. The first-order valence-electron chi connectivity index (χ1n) is 10.2. The first-order chi connectivity index (χ1) is 14.7. The molecule has 1 N–H and O–H groups in total. The molecule has 1 saturated carbocycles. The fourth-order valence-corrected chi connectivity index (χ4v) is 3.74. The van der Waals surface area contributed by atoms with Gasteiger partial charge in [-0.3, -0.25) is 4.79 Å². The van der Waals surface area contributed by atoms with Gasteiger partial charge in [0.1, 0.15) is 31.1 Å². The minimum absolute atomic E-state index is 0.317. The van der Waals surface area contributed by atoms with Crippen LogP contribution < -0.4 is 19.5 Å². The van der Waals surface area contributed by atoms with Gasteiger partial charge in [-0.25, -0.2) is 9.97 Å². The Bertz CT molecular complexity index is 1090. The van der Waals surface area contributed by atoms with Crippen molar-refractivity contribution in [1.29, 1.82) is 0 Å². The van der Waals surface area contributed by atoms with Crippen molar-refractivity contribution < 1.29 is 19.0 Å². The first-order valence-corrected chi connectivity index (χ1v) is 10.2. The Balaban J connectivity index is 1.41. The van der Waals surface area contributed by atoms with E-state index in [1.807, 2.05) is 30.3 Å². The van der Waals surface area contributed by atoms with Crippen molar-refractivity contribution in [1.82, 2.24) is 9.97 Å². The molecule has 0 atom stereocenters. The van der Waals surface area contributed by atoms with Crippen LogP contribution in [0.5, 0.6) is 17.2 Å². The number of nitrogens with one attached hydrogen (secondary N) is 1. The number of carbonyl (C=O) groups excluding carboxylic acids is 1. The highest BCUT2D eigenvalue weighted by atomic mass is 16.6. The van der Waals surface area contributed by atoms with Crippen LogP contribution in [0.25, 0.3) is 10.9 Å². The van der Waals surface area contributed by atoms with Crippen molar-refractivity contribution in [2.75, 3.05) is 25.6 Å². The zero-order chi connectivity index (χ0) is 20.5. The van der Waals surface area contributed by atoms with E-state index >= 15 is 0 Å². The monoisotopic (exact) mass is 405 g/mol. The summed E-state index contributed by atoms with van der Waals surface area (Å²) in [6, 6.07) is 9.70. The van der Waals surface area contributed by atoms with Crippen molar-refractivity contribution in [3.8, 4) is 17.2 Å². The van der Waals surface area contributed by atoms with Gasteiger partial charge in [-0.05, 0) is 36.5 Å². The van der Waals surface area contributed by atoms with Gasteiger partial charge in [0.15, 0.2) is 11.5 Å². The number of methoxy groups -OCH3 is 1. The normalized spacial score (nSPS) is 15.1. The predicted octanol–water partition coefficient (Wildman–Crippen LogP) is 4.06. The minimum atomic E-state index is 0.317. The number of hydrogen-bond acceptors (Lipinski definition) is 7. The fourth-order valence-electron chi connectivity index (χ4n) is 3.74. The van der Waals surface area contributed by atoms with E-state index in [-0.39, 0.29) is 0 Å². The summed E-state index contributed by atoms with van der Waals surface area (Å²) in [5.74, 6) is 3.31. The maximum Gasteiger partial charge on any atom is 0.204 e. The lowest BCUT2D eigenvalue weighted by Crippen LogP contribution is -2.16. The summed E-state index contributed by atoms with van der Waals surface area (Å²) in [6.07, 6.45) is 5.11.